The second kappa shape index (κ2) is 4.94. The number of aryl methyl sites for hydroxylation is 1. The minimum Gasteiger partial charge on any atom is -0.387 e. The van der Waals surface area contributed by atoms with Crippen LogP contribution in [-0.4, -0.2) is 17.6 Å². The summed E-state index contributed by atoms with van der Waals surface area (Å²) < 4.78 is 0. The molecule has 3 heteroatoms. The predicted octanol–water partition coefficient (Wildman–Crippen LogP) is 2.05. The molecule has 0 aliphatic carbocycles. The van der Waals surface area contributed by atoms with E-state index in [1.807, 2.05) is 25.1 Å². The Kier molecular flexibility index (Phi) is 3.86. The maximum Gasteiger partial charge on any atom is 0.250 e. The minimum absolute atomic E-state index is 0.346. The van der Waals surface area contributed by atoms with Crippen LogP contribution in [0.2, 0.25) is 0 Å². The van der Waals surface area contributed by atoms with E-state index in [-0.39, 0.29) is 5.91 Å². The summed E-state index contributed by atoms with van der Waals surface area (Å²) >= 11 is 0. The smallest absolute Gasteiger partial charge is 0.250 e. The highest BCUT2D eigenvalue weighted by Crippen LogP contribution is 2.27. The molecule has 82 valence electrons. The van der Waals surface area contributed by atoms with E-state index in [1.54, 1.807) is 0 Å². The molecule has 3 nitrogen and oxygen atoms in total. The number of carbonyl (C=O) groups excluding carboxylic acids is 1. The standard InChI is InChI=1S/C12H17NO2/c1-8(2)10-6-4-5-9(3)12(10)13-11(15)7-14/h4-6,8,14H,7H2,1-3H3,(H,13,15). The molecule has 1 aromatic rings. The van der Waals surface area contributed by atoms with Crippen molar-refractivity contribution in [1.29, 1.82) is 0 Å². The molecule has 0 atom stereocenters. The average Bonchev–Trinajstić information content (AvgIpc) is 2.20. The van der Waals surface area contributed by atoms with Gasteiger partial charge in [-0.3, -0.25) is 4.79 Å². The number of anilines is 1. The fourth-order valence-corrected chi connectivity index (χ4v) is 1.52. The van der Waals surface area contributed by atoms with Crippen molar-refractivity contribution in [2.75, 3.05) is 11.9 Å². The van der Waals surface area contributed by atoms with Crippen molar-refractivity contribution >= 4 is 11.6 Å². The Morgan fingerprint density at radius 3 is 2.67 bits per heavy atom. The molecule has 0 spiro atoms. The quantitative estimate of drug-likeness (QED) is 0.797. The summed E-state index contributed by atoms with van der Waals surface area (Å²) in [5.41, 5.74) is 2.94. The zero-order chi connectivity index (χ0) is 11.4. The van der Waals surface area contributed by atoms with Crippen LogP contribution in [0.5, 0.6) is 0 Å². The van der Waals surface area contributed by atoms with Gasteiger partial charge in [0, 0.05) is 5.69 Å². The van der Waals surface area contributed by atoms with Crippen molar-refractivity contribution in [3.8, 4) is 0 Å². The number of hydrogen-bond acceptors (Lipinski definition) is 2. The summed E-state index contributed by atoms with van der Waals surface area (Å²) in [7, 11) is 0. The van der Waals surface area contributed by atoms with Crippen LogP contribution in [0.1, 0.15) is 30.9 Å². The Morgan fingerprint density at radius 1 is 1.47 bits per heavy atom. The van der Waals surface area contributed by atoms with Crippen molar-refractivity contribution in [1.82, 2.24) is 0 Å². The predicted molar refractivity (Wildman–Crippen MR) is 61.0 cm³/mol. The molecular weight excluding hydrogens is 190 g/mol. The largest absolute Gasteiger partial charge is 0.387 e. The molecule has 0 radical (unpaired) electrons. The second-order valence-electron chi connectivity index (χ2n) is 3.90. The Balaban J connectivity index is 3.07. The van der Waals surface area contributed by atoms with E-state index in [1.165, 1.54) is 0 Å². The first kappa shape index (κ1) is 11.7. The van der Waals surface area contributed by atoms with Crippen LogP contribution in [0, 0.1) is 6.92 Å². The molecule has 0 aliphatic rings. The van der Waals surface area contributed by atoms with Crippen molar-refractivity contribution < 1.29 is 9.90 Å². The molecule has 1 amide bonds. The third-order valence-corrected chi connectivity index (χ3v) is 2.34. The van der Waals surface area contributed by atoms with Gasteiger partial charge in [-0.15, -0.1) is 0 Å². The maximum absolute atomic E-state index is 11.1. The van der Waals surface area contributed by atoms with Gasteiger partial charge < -0.3 is 10.4 Å². The van der Waals surface area contributed by atoms with Gasteiger partial charge in [0.2, 0.25) is 5.91 Å². The van der Waals surface area contributed by atoms with Crippen LogP contribution in [-0.2, 0) is 4.79 Å². The van der Waals surface area contributed by atoms with E-state index in [9.17, 15) is 4.79 Å². The fourth-order valence-electron chi connectivity index (χ4n) is 1.52. The summed E-state index contributed by atoms with van der Waals surface area (Å²) in [5.74, 6) is -0.0231. The second-order valence-corrected chi connectivity index (χ2v) is 3.90. The van der Waals surface area contributed by atoms with Crippen LogP contribution in [0.25, 0.3) is 0 Å². The van der Waals surface area contributed by atoms with Crippen LogP contribution < -0.4 is 5.32 Å². The number of carbonyl (C=O) groups is 1. The first-order valence-electron chi connectivity index (χ1n) is 5.06. The van der Waals surface area contributed by atoms with Gasteiger partial charge >= 0.3 is 0 Å². The zero-order valence-electron chi connectivity index (χ0n) is 9.37. The monoisotopic (exact) mass is 207 g/mol. The number of aliphatic hydroxyl groups is 1. The SMILES string of the molecule is Cc1cccc(C(C)C)c1NC(=O)CO. The number of aliphatic hydroxyl groups excluding tert-OH is 1. The summed E-state index contributed by atoms with van der Waals surface area (Å²) in [5, 5.41) is 11.4. The van der Waals surface area contributed by atoms with Crippen molar-refractivity contribution in [3.05, 3.63) is 29.3 Å². The van der Waals surface area contributed by atoms with Crippen molar-refractivity contribution in [2.24, 2.45) is 0 Å². The minimum atomic E-state index is -0.480. The van der Waals surface area contributed by atoms with E-state index in [0.717, 1.165) is 16.8 Å². The lowest BCUT2D eigenvalue weighted by molar-refractivity contribution is -0.118. The highest BCUT2D eigenvalue weighted by molar-refractivity contribution is 5.93. The van der Waals surface area contributed by atoms with Gasteiger partial charge in [-0.05, 0) is 24.0 Å². The van der Waals surface area contributed by atoms with Gasteiger partial charge in [-0.2, -0.15) is 0 Å². The Morgan fingerprint density at radius 2 is 2.13 bits per heavy atom. The molecular formula is C12H17NO2. The number of rotatable bonds is 3. The lowest BCUT2D eigenvalue weighted by Crippen LogP contribution is -2.17. The van der Waals surface area contributed by atoms with Gasteiger partial charge in [0.05, 0.1) is 0 Å². The van der Waals surface area contributed by atoms with Gasteiger partial charge in [0.15, 0.2) is 0 Å². The molecule has 0 saturated carbocycles. The molecule has 0 fully saturated rings. The Labute approximate surface area is 90.1 Å². The van der Waals surface area contributed by atoms with Crippen LogP contribution in [0.3, 0.4) is 0 Å². The van der Waals surface area contributed by atoms with Crippen molar-refractivity contribution in [3.63, 3.8) is 0 Å². The molecule has 1 rings (SSSR count). The van der Waals surface area contributed by atoms with Gasteiger partial charge in [-0.1, -0.05) is 32.0 Å². The van der Waals surface area contributed by atoms with Crippen molar-refractivity contribution in [2.45, 2.75) is 26.7 Å². The van der Waals surface area contributed by atoms with E-state index < -0.39 is 6.61 Å². The maximum atomic E-state index is 11.1. The van der Waals surface area contributed by atoms with E-state index in [4.69, 9.17) is 5.11 Å². The lowest BCUT2D eigenvalue weighted by atomic mass is 9.98. The third kappa shape index (κ3) is 2.80. The first-order chi connectivity index (χ1) is 7.06. The summed E-state index contributed by atoms with van der Waals surface area (Å²) in [6.07, 6.45) is 0. The summed E-state index contributed by atoms with van der Waals surface area (Å²) in [6.45, 7) is 5.61. The van der Waals surface area contributed by atoms with Gasteiger partial charge in [0.1, 0.15) is 6.61 Å². The number of amides is 1. The fraction of sp³-hybridized carbons (Fsp3) is 0.417. The highest BCUT2D eigenvalue weighted by atomic mass is 16.3. The van der Waals surface area contributed by atoms with Gasteiger partial charge in [0.25, 0.3) is 0 Å². The molecule has 2 N–H and O–H groups in total. The molecule has 0 heterocycles. The van der Waals surface area contributed by atoms with E-state index in [2.05, 4.69) is 19.2 Å². The highest BCUT2D eigenvalue weighted by Gasteiger charge is 2.10. The lowest BCUT2D eigenvalue weighted by Gasteiger charge is -2.15. The molecule has 1 aromatic carbocycles. The normalized spacial score (nSPS) is 10.5. The first-order valence-corrected chi connectivity index (χ1v) is 5.06. The molecule has 0 aliphatic heterocycles. The molecule has 15 heavy (non-hydrogen) atoms. The molecule has 0 saturated heterocycles. The molecule has 0 unspecified atom stereocenters. The van der Waals surface area contributed by atoms with Crippen LogP contribution in [0.4, 0.5) is 5.69 Å². The van der Waals surface area contributed by atoms with Crippen LogP contribution >= 0.6 is 0 Å². The van der Waals surface area contributed by atoms with Gasteiger partial charge in [-0.25, -0.2) is 0 Å². The average molecular weight is 207 g/mol. The Bertz CT molecular complexity index is 359. The third-order valence-electron chi connectivity index (χ3n) is 2.34. The molecule has 0 aromatic heterocycles. The Hall–Kier alpha value is -1.35. The number of para-hydroxylation sites is 1. The summed E-state index contributed by atoms with van der Waals surface area (Å²) in [4.78, 5) is 11.1. The van der Waals surface area contributed by atoms with E-state index in [0.29, 0.717) is 5.92 Å². The number of nitrogens with one attached hydrogen (secondary N) is 1. The number of benzene rings is 1. The topological polar surface area (TPSA) is 49.3 Å². The van der Waals surface area contributed by atoms with E-state index >= 15 is 0 Å². The zero-order valence-corrected chi connectivity index (χ0v) is 9.37. The summed E-state index contributed by atoms with van der Waals surface area (Å²) in [6, 6.07) is 5.91. The van der Waals surface area contributed by atoms with Crippen LogP contribution in [0.15, 0.2) is 18.2 Å². The molecule has 0 bridgehead atoms. The number of hydrogen-bond donors (Lipinski definition) is 2.